The second kappa shape index (κ2) is 8.96. The molecular weight excluding hydrogens is 364 g/mol. The number of carbonyl (C=O) groups is 2. The van der Waals surface area contributed by atoms with E-state index >= 15 is 0 Å². The van der Waals surface area contributed by atoms with Crippen LogP contribution in [0.2, 0.25) is 0 Å². The topological polar surface area (TPSA) is 79.6 Å². The first-order chi connectivity index (χ1) is 10.9. The Morgan fingerprint density at radius 2 is 2.09 bits per heavy atom. The number of esters is 1. The molecule has 0 bridgehead atoms. The van der Waals surface area contributed by atoms with Crippen LogP contribution < -0.4 is 4.74 Å². The van der Waals surface area contributed by atoms with E-state index in [9.17, 15) is 9.59 Å². The fourth-order valence-corrected chi connectivity index (χ4v) is 2.12. The van der Waals surface area contributed by atoms with Crippen molar-refractivity contribution in [2.45, 2.75) is 6.92 Å². The number of halogens is 1. The van der Waals surface area contributed by atoms with Crippen LogP contribution in [-0.4, -0.2) is 44.1 Å². The largest absolute Gasteiger partial charge is 0.481 e. The number of rotatable bonds is 6. The molecule has 0 saturated heterocycles. The fraction of sp³-hybridized carbons (Fsp3) is 0.312. The zero-order chi connectivity index (χ0) is 17.4. The average Bonchev–Trinajstić information content (AvgIpc) is 2.51. The number of nitrogens with zero attached hydrogens (tertiary/aromatic N) is 2. The smallest absolute Gasteiger partial charge is 0.344 e. The van der Waals surface area contributed by atoms with Crippen molar-refractivity contribution >= 4 is 33.9 Å². The van der Waals surface area contributed by atoms with Crippen molar-refractivity contribution in [2.75, 3.05) is 27.3 Å². The number of likely N-dealkylation sites (N-methyl/N-ethyl adjacent to an activating group) is 1. The molecule has 0 radical (unpaired) electrons. The third-order valence-corrected chi connectivity index (χ3v) is 3.29. The number of amides is 1. The Balaban J connectivity index is 2.89. The molecule has 0 aromatic heterocycles. The van der Waals surface area contributed by atoms with E-state index in [2.05, 4.69) is 15.9 Å². The zero-order valence-corrected chi connectivity index (χ0v) is 14.7. The molecule has 0 atom stereocenters. The molecule has 0 heterocycles. The van der Waals surface area contributed by atoms with Crippen LogP contribution in [0.3, 0.4) is 0 Å². The first-order valence-electron chi connectivity index (χ1n) is 6.80. The highest BCUT2D eigenvalue weighted by Gasteiger charge is 2.12. The molecular formula is C16H17BrN2O4. The van der Waals surface area contributed by atoms with Gasteiger partial charge in [0, 0.05) is 14.1 Å². The molecule has 6 nitrogen and oxygen atoms in total. The first-order valence-corrected chi connectivity index (χ1v) is 7.59. The van der Waals surface area contributed by atoms with Crippen molar-refractivity contribution < 1.29 is 19.1 Å². The summed E-state index contributed by atoms with van der Waals surface area (Å²) in [6.45, 7) is 1.82. The summed E-state index contributed by atoms with van der Waals surface area (Å²) in [5.74, 6) is -0.356. The van der Waals surface area contributed by atoms with Crippen molar-refractivity contribution in [3.8, 4) is 11.8 Å². The maximum Gasteiger partial charge on any atom is 0.344 e. The summed E-state index contributed by atoms with van der Waals surface area (Å²) in [6.07, 6.45) is 1.49. The second-order valence-electron chi connectivity index (χ2n) is 4.65. The van der Waals surface area contributed by atoms with Crippen LogP contribution in [-0.2, 0) is 14.3 Å². The van der Waals surface area contributed by atoms with Gasteiger partial charge >= 0.3 is 5.97 Å². The summed E-state index contributed by atoms with van der Waals surface area (Å²) >= 11 is 3.33. The minimum Gasteiger partial charge on any atom is -0.481 e. The van der Waals surface area contributed by atoms with E-state index in [1.807, 2.05) is 6.07 Å². The number of nitriles is 1. The van der Waals surface area contributed by atoms with Gasteiger partial charge in [-0.1, -0.05) is 6.07 Å². The Kier molecular flexibility index (Phi) is 7.29. The van der Waals surface area contributed by atoms with Crippen LogP contribution >= 0.6 is 15.9 Å². The summed E-state index contributed by atoms with van der Waals surface area (Å²) in [5.41, 5.74) is 0.689. The van der Waals surface area contributed by atoms with Crippen LogP contribution in [0.25, 0.3) is 6.08 Å². The number of hydrogen-bond donors (Lipinski definition) is 0. The summed E-state index contributed by atoms with van der Waals surface area (Å²) < 4.78 is 10.7. The van der Waals surface area contributed by atoms with Gasteiger partial charge in [0.25, 0.3) is 5.91 Å². The van der Waals surface area contributed by atoms with Gasteiger partial charge < -0.3 is 14.4 Å². The summed E-state index contributed by atoms with van der Waals surface area (Å²) in [4.78, 5) is 24.4. The molecule has 1 rings (SSSR count). The van der Waals surface area contributed by atoms with Gasteiger partial charge in [-0.3, -0.25) is 4.79 Å². The van der Waals surface area contributed by atoms with Crippen molar-refractivity contribution in [3.63, 3.8) is 0 Å². The quantitative estimate of drug-likeness (QED) is 0.430. The maximum atomic E-state index is 11.8. The highest BCUT2D eigenvalue weighted by molar-refractivity contribution is 9.10. The molecule has 1 aromatic rings. The van der Waals surface area contributed by atoms with E-state index < -0.39 is 5.97 Å². The van der Waals surface area contributed by atoms with Gasteiger partial charge in [-0.25, -0.2) is 4.79 Å². The molecule has 23 heavy (non-hydrogen) atoms. The number of benzene rings is 1. The molecule has 0 fully saturated rings. The van der Waals surface area contributed by atoms with E-state index in [4.69, 9.17) is 14.7 Å². The molecule has 0 spiro atoms. The van der Waals surface area contributed by atoms with Gasteiger partial charge in [-0.05, 0) is 46.6 Å². The molecule has 1 aromatic carbocycles. The van der Waals surface area contributed by atoms with Crippen LogP contribution in [0.15, 0.2) is 28.2 Å². The van der Waals surface area contributed by atoms with Crippen molar-refractivity contribution in [1.82, 2.24) is 4.90 Å². The molecule has 0 saturated carbocycles. The van der Waals surface area contributed by atoms with Crippen molar-refractivity contribution in [3.05, 3.63) is 33.8 Å². The van der Waals surface area contributed by atoms with Crippen LogP contribution in [0.1, 0.15) is 12.5 Å². The fourth-order valence-electron chi connectivity index (χ4n) is 1.61. The summed E-state index contributed by atoms with van der Waals surface area (Å²) in [5, 5.41) is 9.07. The van der Waals surface area contributed by atoms with E-state index in [0.717, 1.165) is 0 Å². The Bertz CT molecular complexity index is 663. The van der Waals surface area contributed by atoms with Crippen molar-refractivity contribution in [2.24, 2.45) is 0 Å². The summed E-state index contributed by atoms with van der Waals surface area (Å²) in [6, 6.07) is 6.91. The maximum absolute atomic E-state index is 11.8. The van der Waals surface area contributed by atoms with E-state index in [-0.39, 0.29) is 18.1 Å². The second-order valence-corrected chi connectivity index (χ2v) is 5.51. The van der Waals surface area contributed by atoms with Crippen LogP contribution in [0.4, 0.5) is 0 Å². The Morgan fingerprint density at radius 1 is 1.39 bits per heavy atom. The normalized spacial score (nSPS) is 10.7. The first kappa shape index (κ1) is 18.7. The van der Waals surface area contributed by atoms with Crippen molar-refractivity contribution in [1.29, 1.82) is 5.26 Å². The van der Waals surface area contributed by atoms with Crippen LogP contribution in [0.5, 0.6) is 5.75 Å². The third kappa shape index (κ3) is 5.75. The van der Waals surface area contributed by atoms with E-state index in [1.54, 1.807) is 39.2 Å². The van der Waals surface area contributed by atoms with Gasteiger partial charge in [0.15, 0.2) is 6.61 Å². The minimum atomic E-state index is -0.452. The van der Waals surface area contributed by atoms with Gasteiger partial charge in [-0.2, -0.15) is 5.26 Å². The third-order valence-electron chi connectivity index (χ3n) is 2.67. The highest BCUT2D eigenvalue weighted by atomic mass is 79.9. The number of hydrogen-bond acceptors (Lipinski definition) is 5. The Hall–Kier alpha value is -2.33. The van der Waals surface area contributed by atoms with Gasteiger partial charge in [0.05, 0.1) is 11.1 Å². The lowest BCUT2D eigenvalue weighted by molar-refractivity contribution is -0.145. The molecule has 7 heteroatoms. The number of carbonyl (C=O) groups excluding carboxylic acids is 2. The summed E-state index contributed by atoms with van der Waals surface area (Å²) in [7, 11) is 3.16. The van der Waals surface area contributed by atoms with E-state index in [1.165, 1.54) is 11.0 Å². The monoisotopic (exact) mass is 380 g/mol. The number of ether oxygens (including phenoxy) is 2. The Morgan fingerprint density at radius 3 is 2.61 bits per heavy atom. The Labute approximate surface area is 143 Å². The molecule has 0 aliphatic rings. The van der Waals surface area contributed by atoms with Crippen LogP contribution in [0, 0.1) is 11.3 Å². The predicted molar refractivity (Wildman–Crippen MR) is 88.6 cm³/mol. The zero-order valence-electron chi connectivity index (χ0n) is 13.1. The standard InChI is InChI=1S/C16H17BrN2O4/c1-4-22-15(20)10-23-14-6-5-11(8-13(14)17)7-12(9-18)16(21)19(2)3/h5-8H,4,10H2,1-3H3/b12-7-. The van der Waals surface area contributed by atoms with Gasteiger partial charge in [0.2, 0.25) is 0 Å². The lowest BCUT2D eigenvalue weighted by Gasteiger charge is -2.10. The average molecular weight is 381 g/mol. The lowest BCUT2D eigenvalue weighted by atomic mass is 10.1. The lowest BCUT2D eigenvalue weighted by Crippen LogP contribution is -2.22. The minimum absolute atomic E-state index is 0.0297. The molecule has 0 aliphatic carbocycles. The van der Waals surface area contributed by atoms with Gasteiger partial charge in [0.1, 0.15) is 17.4 Å². The SMILES string of the molecule is CCOC(=O)COc1ccc(/C=C(/C#N)C(=O)N(C)C)cc1Br. The molecule has 1 amide bonds. The molecule has 122 valence electrons. The molecule has 0 unspecified atom stereocenters. The highest BCUT2D eigenvalue weighted by Crippen LogP contribution is 2.27. The van der Waals surface area contributed by atoms with E-state index in [0.29, 0.717) is 22.4 Å². The molecule has 0 N–H and O–H groups in total. The van der Waals surface area contributed by atoms with Gasteiger partial charge in [-0.15, -0.1) is 0 Å². The predicted octanol–water partition coefficient (Wildman–Crippen LogP) is 2.39. The molecule has 0 aliphatic heterocycles.